The highest BCUT2D eigenvalue weighted by molar-refractivity contribution is 5.86. The summed E-state index contributed by atoms with van der Waals surface area (Å²) < 4.78 is 1.74. The Morgan fingerprint density at radius 2 is 2.12 bits per heavy atom. The van der Waals surface area contributed by atoms with Gasteiger partial charge in [0.2, 0.25) is 0 Å². The average Bonchev–Trinajstić information content (AvgIpc) is 2.89. The number of nitrogens with zero attached hydrogens (tertiary/aromatic N) is 3. The fraction of sp³-hybridized carbons (Fsp3) is 0. The van der Waals surface area contributed by atoms with E-state index in [2.05, 4.69) is 15.1 Å². The van der Waals surface area contributed by atoms with Crippen LogP contribution in [0.5, 0.6) is 0 Å². The van der Waals surface area contributed by atoms with Gasteiger partial charge in [-0.25, -0.2) is 19.3 Å². The predicted octanol–water partition coefficient (Wildman–Crippen LogP) is 1.42. The Morgan fingerprint density at radius 1 is 1.24 bits per heavy atom. The lowest BCUT2D eigenvalue weighted by atomic mass is 10.2. The Hall–Kier alpha value is -2.63. The lowest BCUT2D eigenvalue weighted by molar-refractivity contribution is 0.0690. The minimum Gasteiger partial charge on any atom is -0.477 e. The molecular formula is C11H8N4O2. The molecular weight excluding hydrogens is 220 g/mol. The van der Waals surface area contributed by atoms with Gasteiger partial charge in [0.05, 0.1) is 11.9 Å². The molecule has 0 bridgehead atoms. The lowest BCUT2D eigenvalue weighted by Gasteiger charge is -1.97. The van der Waals surface area contributed by atoms with Gasteiger partial charge in [-0.05, 0) is 12.1 Å². The molecule has 0 saturated heterocycles. The molecule has 17 heavy (non-hydrogen) atoms. The number of hydrogen-bond donors (Lipinski definition) is 2. The van der Waals surface area contributed by atoms with E-state index in [1.807, 2.05) is 6.07 Å². The number of fused-ring (bicyclic) bond motifs is 1. The number of aromatic nitrogens is 4. The number of aromatic amines is 1. The zero-order valence-corrected chi connectivity index (χ0v) is 8.66. The number of imidazole rings is 1. The van der Waals surface area contributed by atoms with Gasteiger partial charge in [0.1, 0.15) is 11.4 Å². The molecule has 3 rings (SSSR count). The molecule has 0 radical (unpaired) electrons. The highest BCUT2D eigenvalue weighted by Gasteiger charge is 2.09. The van der Waals surface area contributed by atoms with Gasteiger partial charge in [-0.15, -0.1) is 0 Å². The van der Waals surface area contributed by atoms with Crippen molar-refractivity contribution in [1.82, 2.24) is 19.6 Å². The van der Waals surface area contributed by atoms with E-state index in [9.17, 15) is 4.79 Å². The van der Waals surface area contributed by atoms with Crippen LogP contribution in [-0.2, 0) is 0 Å². The number of carbonyl (C=O) groups is 1. The molecule has 3 heterocycles. The molecule has 0 aliphatic carbocycles. The van der Waals surface area contributed by atoms with Crippen molar-refractivity contribution in [2.45, 2.75) is 0 Å². The fourth-order valence-electron chi connectivity index (χ4n) is 1.63. The van der Waals surface area contributed by atoms with Gasteiger partial charge in [-0.1, -0.05) is 6.07 Å². The largest absolute Gasteiger partial charge is 0.477 e. The van der Waals surface area contributed by atoms with Crippen LogP contribution < -0.4 is 0 Å². The number of H-pyrrole nitrogens is 1. The van der Waals surface area contributed by atoms with E-state index in [0.29, 0.717) is 11.4 Å². The Bertz CT molecular complexity index is 670. The van der Waals surface area contributed by atoms with Crippen LogP contribution in [0.1, 0.15) is 10.5 Å². The van der Waals surface area contributed by atoms with Gasteiger partial charge in [0, 0.05) is 12.3 Å². The molecule has 0 spiro atoms. The molecule has 3 aromatic heterocycles. The van der Waals surface area contributed by atoms with Crippen molar-refractivity contribution in [2.75, 3.05) is 0 Å². The van der Waals surface area contributed by atoms with E-state index >= 15 is 0 Å². The number of carboxylic acid groups (broad SMARTS) is 1. The third kappa shape index (κ3) is 1.55. The van der Waals surface area contributed by atoms with Crippen LogP contribution in [0.3, 0.4) is 0 Å². The minimum atomic E-state index is -1.04. The van der Waals surface area contributed by atoms with Gasteiger partial charge in [0.15, 0.2) is 5.65 Å². The summed E-state index contributed by atoms with van der Waals surface area (Å²) in [6, 6.07) is 6.66. The topological polar surface area (TPSA) is 83.3 Å². The van der Waals surface area contributed by atoms with Crippen LogP contribution in [0.15, 0.2) is 36.7 Å². The summed E-state index contributed by atoms with van der Waals surface area (Å²) in [6.45, 7) is 0. The number of nitrogens with one attached hydrogen (secondary N) is 1. The second-order valence-electron chi connectivity index (χ2n) is 3.53. The SMILES string of the molecule is O=C(O)c1cccc(-c2cn3[nH]ccc3n2)n1. The van der Waals surface area contributed by atoms with Crippen molar-refractivity contribution in [3.05, 3.63) is 42.4 Å². The van der Waals surface area contributed by atoms with Crippen LogP contribution in [0.4, 0.5) is 0 Å². The maximum atomic E-state index is 10.8. The van der Waals surface area contributed by atoms with E-state index in [1.165, 1.54) is 6.07 Å². The summed E-state index contributed by atoms with van der Waals surface area (Å²) in [5.74, 6) is -1.04. The van der Waals surface area contributed by atoms with E-state index in [0.717, 1.165) is 5.65 Å². The molecule has 0 atom stereocenters. The molecule has 0 saturated carbocycles. The monoisotopic (exact) mass is 228 g/mol. The smallest absolute Gasteiger partial charge is 0.354 e. The number of carboxylic acids is 1. The summed E-state index contributed by atoms with van der Waals surface area (Å²) in [5, 5.41) is 11.8. The molecule has 3 aromatic rings. The van der Waals surface area contributed by atoms with Crippen molar-refractivity contribution in [1.29, 1.82) is 0 Å². The van der Waals surface area contributed by atoms with Crippen molar-refractivity contribution >= 4 is 11.6 Å². The highest BCUT2D eigenvalue weighted by Crippen LogP contribution is 2.16. The molecule has 84 valence electrons. The molecule has 0 aliphatic rings. The van der Waals surface area contributed by atoms with E-state index in [-0.39, 0.29) is 5.69 Å². The molecule has 0 unspecified atom stereocenters. The minimum absolute atomic E-state index is 0.0131. The number of rotatable bonds is 2. The molecule has 0 aromatic carbocycles. The quantitative estimate of drug-likeness (QED) is 0.694. The zero-order chi connectivity index (χ0) is 11.8. The lowest BCUT2D eigenvalue weighted by Crippen LogP contribution is -2.00. The third-order valence-electron chi connectivity index (χ3n) is 2.41. The Labute approximate surface area is 95.5 Å². The first kappa shape index (κ1) is 9.59. The molecule has 6 heteroatoms. The van der Waals surface area contributed by atoms with Crippen molar-refractivity contribution < 1.29 is 9.90 Å². The summed E-state index contributed by atoms with van der Waals surface area (Å²) in [5.41, 5.74) is 1.96. The Balaban J connectivity index is 2.12. The predicted molar refractivity (Wildman–Crippen MR) is 59.7 cm³/mol. The van der Waals surface area contributed by atoms with Crippen LogP contribution in [0.2, 0.25) is 0 Å². The van der Waals surface area contributed by atoms with Crippen LogP contribution in [-0.4, -0.2) is 30.7 Å². The van der Waals surface area contributed by atoms with Crippen molar-refractivity contribution in [2.24, 2.45) is 0 Å². The summed E-state index contributed by atoms with van der Waals surface area (Å²) >= 11 is 0. The standard InChI is InChI=1S/C11H8N4O2/c16-11(17)8-3-1-2-7(13-8)9-6-15-10(14-9)4-5-12-15/h1-6,12H,(H,16,17). The summed E-state index contributed by atoms with van der Waals surface area (Å²) in [6.07, 6.45) is 3.54. The van der Waals surface area contributed by atoms with E-state index in [1.54, 1.807) is 29.0 Å². The molecule has 0 aliphatic heterocycles. The molecule has 0 fully saturated rings. The van der Waals surface area contributed by atoms with Gasteiger partial charge in [-0.3, -0.25) is 0 Å². The maximum Gasteiger partial charge on any atom is 0.354 e. The highest BCUT2D eigenvalue weighted by atomic mass is 16.4. The van der Waals surface area contributed by atoms with Gasteiger partial charge < -0.3 is 10.2 Å². The van der Waals surface area contributed by atoms with E-state index < -0.39 is 5.97 Å². The second kappa shape index (κ2) is 3.44. The zero-order valence-electron chi connectivity index (χ0n) is 8.66. The Morgan fingerprint density at radius 3 is 2.88 bits per heavy atom. The van der Waals surface area contributed by atoms with Crippen LogP contribution in [0.25, 0.3) is 17.0 Å². The van der Waals surface area contributed by atoms with Crippen LogP contribution in [0, 0.1) is 0 Å². The van der Waals surface area contributed by atoms with Gasteiger partial charge in [-0.2, -0.15) is 0 Å². The van der Waals surface area contributed by atoms with Gasteiger partial charge >= 0.3 is 5.97 Å². The van der Waals surface area contributed by atoms with Crippen molar-refractivity contribution in [3.8, 4) is 11.4 Å². The molecule has 0 amide bonds. The van der Waals surface area contributed by atoms with Crippen molar-refractivity contribution in [3.63, 3.8) is 0 Å². The maximum absolute atomic E-state index is 10.8. The summed E-state index contributed by atoms with van der Waals surface area (Å²) in [7, 11) is 0. The second-order valence-corrected chi connectivity index (χ2v) is 3.53. The first-order chi connectivity index (χ1) is 8.24. The fourth-order valence-corrected chi connectivity index (χ4v) is 1.63. The first-order valence-electron chi connectivity index (χ1n) is 4.97. The number of aromatic carboxylic acids is 1. The van der Waals surface area contributed by atoms with E-state index in [4.69, 9.17) is 5.11 Å². The third-order valence-corrected chi connectivity index (χ3v) is 2.41. The summed E-state index contributed by atoms with van der Waals surface area (Å²) in [4.78, 5) is 19.2. The number of hydrogen-bond acceptors (Lipinski definition) is 3. The van der Waals surface area contributed by atoms with Crippen LogP contribution >= 0.6 is 0 Å². The van der Waals surface area contributed by atoms with Gasteiger partial charge in [0.25, 0.3) is 0 Å². The average molecular weight is 228 g/mol. The normalized spacial score (nSPS) is 10.8. The molecule has 2 N–H and O–H groups in total. The number of pyridine rings is 1. The molecule has 6 nitrogen and oxygen atoms in total. The Kier molecular flexibility index (Phi) is 1.94. The first-order valence-corrected chi connectivity index (χ1v) is 4.97.